The lowest BCUT2D eigenvalue weighted by molar-refractivity contribution is -0.117. The Morgan fingerprint density at radius 3 is 3.12 bits per heavy atom. The van der Waals surface area contributed by atoms with Gasteiger partial charge in [0.2, 0.25) is 5.91 Å². The smallest absolute Gasteiger partial charge is 0.221 e. The van der Waals surface area contributed by atoms with Crippen molar-refractivity contribution in [3.8, 4) is 0 Å². The Morgan fingerprint density at radius 2 is 2.31 bits per heavy atom. The second kappa shape index (κ2) is 4.94. The predicted molar refractivity (Wildman–Crippen MR) is 64.7 cm³/mol. The fourth-order valence-corrected chi connectivity index (χ4v) is 1.92. The average molecular weight is 216 g/mol. The summed E-state index contributed by atoms with van der Waals surface area (Å²) in [5, 5.41) is 3.34. The number of amides is 1. The van der Waals surface area contributed by atoms with Gasteiger partial charge in [-0.1, -0.05) is 30.4 Å². The molecular weight excluding hydrogens is 200 g/mol. The number of nitrogens with one attached hydrogen (secondary N) is 1. The van der Waals surface area contributed by atoms with Gasteiger partial charge >= 0.3 is 0 Å². The molecule has 3 nitrogen and oxygen atoms in total. The Kier molecular flexibility index (Phi) is 3.37. The number of nitrogens with two attached hydrogens (primary N) is 1. The van der Waals surface area contributed by atoms with E-state index in [1.165, 1.54) is 11.1 Å². The molecule has 1 aliphatic heterocycles. The zero-order chi connectivity index (χ0) is 11.4. The number of hydrogen-bond acceptors (Lipinski definition) is 2. The van der Waals surface area contributed by atoms with Gasteiger partial charge in [0.05, 0.1) is 0 Å². The minimum absolute atomic E-state index is 0.295. The molecule has 0 saturated heterocycles. The Morgan fingerprint density at radius 1 is 1.44 bits per heavy atom. The van der Waals surface area contributed by atoms with Gasteiger partial charge in [0, 0.05) is 13.0 Å². The van der Waals surface area contributed by atoms with Gasteiger partial charge in [0.25, 0.3) is 0 Å². The molecule has 84 valence electrons. The molecule has 2 rings (SSSR count). The fourth-order valence-electron chi connectivity index (χ4n) is 1.92. The highest BCUT2D eigenvalue weighted by Gasteiger charge is 2.07. The molecule has 1 aromatic carbocycles. The minimum Gasteiger partial charge on any atom is -0.369 e. The molecule has 16 heavy (non-hydrogen) atoms. The average Bonchev–Trinajstić information content (AvgIpc) is 2.28. The normalized spacial score (nSPS) is 15.0. The first-order valence-corrected chi connectivity index (χ1v) is 5.53. The summed E-state index contributed by atoms with van der Waals surface area (Å²) in [4.78, 5) is 10.6. The Labute approximate surface area is 95.3 Å². The Balaban J connectivity index is 2.11. The van der Waals surface area contributed by atoms with Crippen LogP contribution >= 0.6 is 0 Å². The zero-order valence-electron chi connectivity index (χ0n) is 9.20. The van der Waals surface area contributed by atoms with Gasteiger partial charge in [-0.25, -0.2) is 0 Å². The summed E-state index contributed by atoms with van der Waals surface area (Å²) in [6.07, 6.45) is 5.15. The maximum Gasteiger partial charge on any atom is 0.221 e. The summed E-state index contributed by atoms with van der Waals surface area (Å²) in [7, 11) is 0. The van der Waals surface area contributed by atoms with E-state index < -0.39 is 0 Å². The van der Waals surface area contributed by atoms with E-state index in [2.05, 4.69) is 23.5 Å². The molecule has 1 aromatic rings. The molecule has 0 atom stereocenters. The largest absolute Gasteiger partial charge is 0.369 e. The van der Waals surface area contributed by atoms with Crippen LogP contribution in [0.15, 0.2) is 24.3 Å². The lowest BCUT2D eigenvalue weighted by Crippen LogP contribution is -2.23. The monoisotopic (exact) mass is 216 g/mol. The van der Waals surface area contributed by atoms with Crippen molar-refractivity contribution in [2.75, 3.05) is 6.54 Å². The molecule has 0 radical (unpaired) electrons. The summed E-state index contributed by atoms with van der Waals surface area (Å²) in [6.45, 7) is 2.00. The van der Waals surface area contributed by atoms with E-state index in [4.69, 9.17) is 5.73 Å². The summed E-state index contributed by atoms with van der Waals surface area (Å²) in [5.74, 6) is -0.295. The van der Waals surface area contributed by atoms with Crippen molar-refractivity contribution in [3.63, 3.8) is 0 Å². The molecule has 0 saturated carbocycles. The third kappa shape index (κ3) is 2.70. The number of carbonyl (C=O) groups is 1. The van der Waals surface area contributed by atoms with Crippen molar-refractivity contribution in [1.82, 2.24) is 5.32 Å². The van der Waals surface area contributed by atoms with Crippen LogP contribution < -0.4 is 11.1 Å². The van der Waals surface area contributed by atoms with Crippen molar-refractivity contribution in [2.45, 2.75) is 19.4 Å². The molecule has 0 spiro atoms. The molecule has 1 heterocycles. The van der Waals surface area contributed by atoms with Crippen molar-refractivity contribution in [3.05, 3.63) is 41.0 Å². The Hall–Kier alpha value is -1.61. The van der Waals surface area contributed by atoms with Gasteiger partial charge in [-0.15, -0.1) is 0 Å². The number of fused-ring (bicyclic) bond motifs is 1. The van der Waals surface area contributed by atoms with E-state index in [-0.39, 0.29) is 5.91 Å². The van der Waals surface area contributed by atoms with Gasteiger partial charge in [-0.3, -0.25) is 4.79 Å². The van der Waals surface area contributed by atoms with Crippen LogP contribution in [0.25, 0.3) is 6.08 Å². The lowest BCUT2D eigenvalue weighted by Gasteiger charge is -2.17. The highest BCUT2D eigenvalue weighted by molar-refractivity contribution is 5.76. The summed E-state index contributed by atoms with van der Waals surface area (Å²) >= 11 is 0. The quantitative estimate of drug-likeness (QED) is 0.798. The third-order valence-corrected chi connectivity index (χ3v) is 2.75. The van der Waals surface area contributed by atoms with Crippen molar-refractivity contribution < 1.29 is 4.79 Å². The predicted octanol–water partition coefficient (Wildman–Crippen LogP) is 1.22. The van der Waals surface area contributed by atoms with E-state index in [1.54, 1.807) is 6.08 Å². The molecule has 3 heteroatoms. The number of rotatable bonds is 3. The molecule has 1 amide bonds. The standard InChI is InChI=1S/C13H16N2O/c14-13(16)3-1-2-10-4-5-11-6-7-15-9-12(11)8-10/h1-2,4-5,8,15H,3,6-7,9H2,(H2,14,16). The molecule has 0 aliphatic carbocycles. The van der Waals surface area contributed by atoms with Gasteiger partial charge < -0.3 is 11.1 Å². The van der Waals surface area contributed by atoms with Crippen molar-refractivity contribution in [1.29, 1.82) is 0 Å². The van der Waals surface area contributed by atoms with Gasteiger partial charge in [-0.2, -0.15) is 0 Å². The Bertz CT molecular complexity index is 424. The lowest BCUT2D eigenvalue weighted by atomic mass is 9.98. The number of benzene rings is 1. The van der Waals surface area contributed by atoms with Crippen LogP contribution in [-0.2, 0) is 17.8 Å². The van der Waals surface area contributed by atoms with Crippen LogP contribution in [0.1, 0.15) is 23.1 Å². The second-order valence-electron chi connectivity index (χ2n) is 4.03. The number of primary amides is 1. The molecular formula is C13H16N2O. The van der Waals surface area contributed by atoms with Crippen LogP contribution in [0.2, 0.25) is 0 Å². The van der Waals surface area contributed by atoms with E-state index in [1.807, 2.05) is 6.08 Å². The van der Waals surface area contributed by atoms with Crippen molar-refractivity contribution >= 4 is 12.0 Å². The number of hydrogen-bond donors (Lipinski definition) is 2. The first-order chi connectivity index (χ1) is 7.75. The van der Waals surface area contributed by atoms with Crippen LogP contribution in [0.5, 0.6) is 0 Å². The van der Waals surface area contributed by atoms with Crippen LogP contribution in [-0.4, -0.2) is 12.5 Å². The SMILES string of the molecule is NC(=O)CC=Cc1ccc2c(c1)CNCC2. The summed E-state index contributed by atoms with van der Waals surface area (Å²) in [5.41, 5.74) is 8.97. The van der Waals surface area contributed by atoms with Crippen LogP contribution in [0.4, 0.5) is 0 Å². The maximum absolute atomic E-state index is 10.6. The first-order valence-electron chi connectivity index (χ1n) is 5.53. The molecule has 0 bridgehead atoms. The van der Waals surface area contributed by atoms with Crippen molar-refractivity contribution in [2.24, 2.45) is 5.73 Å². The van der Waals surface area contributed by atoms with Gasteiger partial charge in [-0.05, 0) is 29.7 Å². The van der Waals surface area contributed by atoms with Crippen LogP contribution in [0, 0.1) is 0 Å². The number of carbonyl (C=O) groups excluding carboxylic acids is 1. The maximum atomic E-state index is 10.6. The van der Waals surface area contributed by atoms with E-state index in [9.17, 15) is 4.79 Å². The molecule has 0 unspecified atom stereocenters. The second-order valence-corrected chi connectivity index (χ2v) is 4.03. The highest BCUT2D eigenvalue weighted by atomic mass is 16.1. The van der Waals surface area contributed by atoms with E-state index in [0.29, 0.717) is 6.42 Å². The van der Waals surface area contributed by atoms with Gasteiger partial charge in [0.15, 0.2) is 0 Å². The highest BCUT2D eigenvalue weighted by Crippen LogP contribution is 2.16. The van der Waals surface area contributed by atoms with E-state index >= 15 is 0 Å². The summed E-state index contributed by atoms with van der Waals surface area (Å²) < 4.78 is 0. The minimum atomic E-state index is -0.295. The molecule has 3 N–H and O–H groups in total. The zero-order valence-corrected chi connectivity index (χ0v) is 9.20. The third-order valence-electron chi connectivity index (χ3n) is 2.75. The van der Waals surface area contributed by atoms with Crippen LogP contribution in [0.3, 0.4) is 0 Å². The fraction of sp³-hybridized carbons (Fsp3) is 0.308. The summed E-state index contributed by atoms with van der Waals surface area (Å²) in [6, 6.07) is 6.42. The molecule has 0 fully saturated rings. The van der Waals surface area contributed by atoms with Gasteiger partial charge in [0.1, 0.15) is 0 Å². The first kappa shape index (κ1) is 10.9. The molecule has 1 aliphatic rings. The molecule has 0 aromatic heterocycles. The van der Waals surface area contributed by atoms with E-state index in [0.717, 1.165) is 25.1 Å². The topological polar surface area (TPSA) is 55.1 Å².